The van der Waals surface area contributed by atoms with E-state index in [0.29, 0.717) is 31.0 Å². The largest absolute Gasteiger partial charge is 0.339 e. The Morgan fingerprint density at radius 2 is 1.50 bits per heavy atom. The molecule has 162 valence electrons. The fourth-order valence-corrected chi connectivity index (χ4v) is 3.92. The van der Waals surface area contributed by atoms with E-state index in [4.69, 9.17) is 0 Å². The number of nitrogens with zero attached hydrogens (tertiary/aromatic N) is 2. The molecule has 0 unspecified atom stereocenters. The van der Waals surface area contributed by atoms with Crippen LogP contribution in [0, 0.1) is 5.92 Å². The summed E-state index contributed by atoms with van der Waals surface area (Å²) in [6.45, 7) is 1.37. The van der Waals surface area contributed by atoms with Crippen molar-refractivity contribution in [2.45, 2.75) is 19.3 Å². The summed E-state index contributed by atoms with van der Waals surface area (Å²) in [5, 5.41) is 2.95. The number of benzene rings is 2. The summed E-state index contributed by atoms with van der Waals surface area (Å²) in [5.74, 6) is 0.404. The van der Waals surface area contributed by atoms with E-state index < -0.39 is 0 Å². The Morgan fingerprint density at radius 3 is 2.16 bits per heavy atom. The number of pyridine rings is 1. The van der Waals surface area contributed by atoms with E-state index >= 15 is 0 Å². The Labute approximate surface area is 188 Å². The number of amides is 2. The number of nitrogens with one attached hydrogen (secondary N) is 1. The number of hydrogen-bond donors (Lipinski definition) is 1. The van der Waals surface area contributed by atoms with Crippen molar-refractivity contribution in [1.29, 1.82) is 0 Å². The van der Waals surface area contributed by atoms with Crippen molar-refractivity contribution >= 4 is 29.7 Å². The number of piperidine rings is 1. The van der Waals surface area contributed by atoms with Crippen molar-refractivity contribution in [2.24, 2.45) is 5.92 Å². The maximum Gasteiger partial charge on any atom is 0.253 e. The average molecular weight is 426 g/mol. The van der Waals surface area contributed by atoms with Crippen molar-refractivity contribution in [1.82, 2.24) is 9.88 Å². The minimum atomic E-state index is 0.0383. The molecule has 5 heteroatoms. The Morgan fingerprint density at radius 1 is 0.875 bits per heavy atom. The summed E-state index contributed by atoms with van der Waals surface area (Å²) in [5.41, 5.74) is 3.65. The third kappa shape index (κ3) is 5.91. The van der Waals surface area contributed by atoms with Gasteiger partial charge in [0.05, 0.1) is 0 Å². The second-order valence-electron chi connectivity index (χ2n) is 8.09. The second-order valence-corrected chi connectivity index (χ2v) is 8.09. The van der Waals surface area contributed by atoms with Crippen LogP contribution >= 0.6 is 0 Å². The molecule has 2 amide bonds. The quantitative estimate of drug-likeness (QED) is 0.595. The molecule has 1 fully saturated rings. The van der Waals surface area contributed by atoms with E-state index in [0.717, 1.165) is 29.7 Å². The topological polar surface area (TPSA) is 62.3 Å². The fourth-order valence-electron chi connectivity index (χ4n) is 3.92. The molecule has 1 N–H and O–H groups in total. The van der Waals surface area contributed by atoms with Crippen molar-refractivity contribution in [3.05, 3.63) is 95.8 Å². The van der Waals surface area contributed by atoms with Crippen LogP contribution in [0.5, 0.6) is 0 Å². The van der Waals surface area contributed by atoms with Gasteiger partial charge in [-0.15, -0.1) is 0 Å². The molecule has 0 radical (unpaired) electrons. The Kier molecular flexibility index (Phi) is 7.08. The van der Waals surface area contributed by atoms with Crippen LogP contribution in [0.25, 0.3) is 12.2 Å². The van der Waals surface area contributed by atoms with E-state index in [9.17, 15) is 9.59 Å². The molecule has 0 saturated carbocycles. The van der Waals surface area contributed by atoms with Crippen LogP contribution in [0.15, 0.2) is 79.1 Å². The summed E-state index contributed by atoms with van der Waals surface area (Å²) in [7, 11) is 0. The van der Waals surface area contributed by atoms with Crippen LogP contribution in [0.3, 0.4) is 0 Å². The summed E-state index contributed by atoms with van der Waals surface area (Å²) < 4.78 is 0. The van der Waals surface area contributed by atoms with Gasteiger partial charge < -0.3 is 10.2 Å². The normalized spacial score (nSPS) is 14.4. The smallest absolute Gasteiger partial charge is 0.253 e. The number of anilines is 1. The molecule has 0 bridgehead atoms. The first kappa shape index (κ1) is 21.5. The lowest BCUT2D eigenvalue weighted by molar-refractivity contribution is -0.117. The van der Waals surface area contributed by atoms with Crippen LogP contribution in [-0.4, -0.2) is 34.8 Å². The predicted octanol–water partition coefficient (Wildman–Crippen LogP) is 5.13. The zero-order valence-electron chi connectivity index (χ0n) is 18.0. The van der Waals surface area contributed by atoms with Gasteiger partial charge in [0.15, 0.2) is 0 Å². The van der Waals surface area contributed by atoms with Crippen molar-refractivity contribution < 1.29 is 9.59 Å². The van der Waals surface area contributed by atoms with Crippen LogP contribution in [0.4, 0.5) is 5.69 Å². The zero-order chi connectivity index (χ0) is 22.2. The summed E-state index contributed by atoms with van der Waals surface area (Å²) in [6.07, 6.45) is 9.77. The molecule has 1 aliphatic heterocycles. The number of carbonyl (C=O) groups excluding carboxylic acids is 2. The predicted molar refractivity (Wildman–Crippen MR) is 128 cm³/mol. The molecule has 5 nitrogen and oxygen atoms in total. The van der Waals surface area contributed by atoms with Crippen molar-refractivity contribution in [2.75, 3.05) is 18.4 Å². The van der Waals surface area contributed by atoms with Gasteiger partial charge in [-0.1, -0.05) is 42.5 Å². The average Bonchev–Trinajstić information content (AvgIpc) is 2.84. The van der Waals surface area contributed by atoms with Gasteiger partial charge in [0, 0.05) is 43.2 Å². The molecule has 3 aromatic rings. The Bertz CT molecular complexity index is 1060. The standard InChI is InChI=1S/C27H27N3O2/c31-26(29-25-4-2-1-3-5-25)20-23-14-18-30(19-15-23)27(32)24-10-8-21(9-11-24)6-7-22-12-16-28-17-13-22/h1-13,16-17,23H,14-15,18-20H2,(H,29,31). The molecule has 1 aromatic heterocycles. The Hall–Kier alpha value is -3.73. The SMILES string of the molecule is O=C(CC1CCN(C(=O)c2ccc(C=Cc3ccncc3)cc2)CC1)Nc1ccccc1. The fraction of sp³-hybridized carbons (Fsp3) is 0.222. The molecular weight excluding hydrogens is 398 g/mol. The molecule has 4 rings (SSSR count). The first-order valence-electron chi connectivity index (χ1n) is 11.0. The monoisotopic (exact) mass is 425 g/mol. The lowest BCUT2D eigenvalue weighted by Crippen LogP contribution is -2.39. The molecule has 2 heterocycles. The highest BCUT2D eigenvalue weighted by Crippen LogP contribution is 2.23. The first-order chi connectivity index (χ1) is 15.7. The highest BCUT2D eigenvalue weighted by Gasteiger charge is 2.25. The minimum Gasteiger partial charge on any atom is -0.339 e. The van der Waals surface area contributed by atoms with Gasteiger partial charge >= 0.3 is 0 Å². The molecule has 2 aromatic carbocycles. The van der Waals surface area contributed by atoms with E-state index in [1.54, 1.807) is 12.4 Å². The maximum absolute atomic E-state index is 12.9. The van der Waals surface area contributed by atoms with Gasteiger partial charge in [-0.2, -0.15) is 0 Å². The lowest BCUT2D eigenvalue weighted by atomic mass is 9.92. The van der Waals surface area contributed by atoms with E-state index in [1.165, 1.54) is 0 Å². The number of rotatable bonds is 6. The van der Waals surface area contributed by atoms with Crippen LogP contribution in [0.1, 0.15) is 40.7 Å². The molecular formula is C27H27N3O2. The summed E-state index contributed by atoms with van der Waals surface area (Å²) >= 11 is 0. The Balaban J connectivity index is 1.26. The van der Waals surface area contributed by atoms with E-state index in [2.05, 4.69) is 10.3 Å². The molecule has 0 aliphatic carbocycles. The molecule has 1 saturated heterocycles. The number of para-hydroxylation sites is 1. The van der Waals surface area contributed by atoms with Gasteiger partial charge in [0.25, 0.3) is 5.91 Å². The molecule has 32 heavy (non-hydrogen) atoms. The van der Waals surface area contributed by atoms with Gasteiger partial charge in [0.1, 0.15) is 0 Å². The molecule has 0 atom stereocenters. The van der Waals surface area contributed by atoms with Gasteiger partial charge in [-0.3, -0.25) is 14.6 Å². The number of hydrogen-bond acceptors (Lipinski definition) is 3. The number of aromatic nitrogens is 1. The maximum atomic E-state index is 12.9. The van der Waals surface area contributed by atoms with Crippen LogP contribution in [0.2, 0.25) is 0 Å². The van der Waals surface area contributed by atoms with Crippen LogP contribution < -0.4 is 5.32 Å². The number of likely N-dealkylation sites (tertiary alicyclic amines) is 1. The van der Waals surface area contributed by atoms with Crippen molar-refractivity contribution in [3.8, 4) is 0 Å². The lowest BCUT2D eigenvalue weighted by Gasteiger charge is -2.31. The van der Waals surface area contributed by atoms with Gasteiger partial charge in [0.2, 0.25) is 5.91 Å². The van der Waals surface area contributed by atoms with Gasteiger partial charge in [-0.25, -0.2) is 0 Å². The van der Waals surface area contributed by atoms with E-state index in [-0.39, 0.29) is 11.8 Å². The highest BCUT2D eigenvalue weighted by molar-refractivity contribution is 5.94. The first-order valence-corrected chi connectivity index (χ1v) is 11.0. The van der Waals surface area contributed by atoms with E-state index in [1.807, 2.05) is 83.8 Å². The second kappa shape index (κ2) is 10.5. The van der Waals surface area contributed by atoms with Crippen molar-refractivity contribution in [3.63, 3.8) is 0 Å². The third-order valence-corrected chi connectivity index (χ3v) is 5.77. The van der Waals surface area contributed by atoms with Gasteiger partial charge in [-0.05, 0) is 66.3 Å². The third-order valence-electron chi connectivity index (χ3n) is 5.77. The van der Waals surface area contributed by atoms with Crippen LogP contribution in [-0.2, 0) is 4.79 Å². The zero-order valence-corrected chi connectivity index (χ0v) is 18.0. The molecule has 1 aliphatic rings. The molecule has 0 spiro atoms. The highest BCUT2D eigenvalue weighted by atomic mass is 16.2. The number of carbonyl (C=O) groups is 2. The minimum absolute atomic E-state index is 0.0383. The summed E-state index contributed by atoms with van der Waals surface area (Å²) in [6, 6.07) is 21.1. The summed E-state index contributed by atoms with van der Waals surface area (Å²) in [4.78, 5) is 31.1.